The van der Waals surface area contributed by atoms with E-state index in [-0.39, 0.29) is 12.1 Å². The Bertz CT molecular complexity index is 2000. The van der Waals surface area contributed by atoms with Gasteiger partial charge in [0, 0.05) is 23.0 Å². The van der Waals surface area contributed by atoms with Crippen molar-refractivity contribution in [1.82, 2.24) is 0 Å². The normalized spacial score (nSPS) is 14.6. The van der Waals surface area contributed by atoms with Gasteiger partial charge in [-0.05, 0) is 58.5 Å². The molecule has 6 aromatic rings. The van der Waals surface area contributed by atoms with Crippen molar-refractivity contribution >= 4 is 40.2 Å². The third-order valence-corrected chi connectivity index (χ3v) is 9.24. The smallest absolute Gasteiger partial charge is 0.260 e. The molecule has 210 valence electrons. The van der Waals surface area contributed by atoms with E-state index >= 15 is 0 Å². The Morgan fingerprint density at radius 2 is 1.02 bits per heavy atom. The summed E-state index contributed by atoms with van der Waals surface area (Å²) in [5, 5.41) is 0. The first-order chi connectivity index (χ1) is 21.6. The van der Waals surface area contributed by atoms with E-state index in [9.17, 15) is 0 Å². The van der Waals surface area contributed by atoms with Crippen LogP contribution in [0.3, 0.4) is 0 Å². The zero-order valence-electron chi connectivity index (χ0n) is 24.5. The Morgan fingerprint density at radius 3 is 1.61 bits per heavy atom. The van der Waals surface area contributed by atoms with Crippen molar-refractivity contribution < 1.29 is 14.2 Å². The lowest BCUT2D eigenvalue weighted by Gasteiger charge is -2.42. The van der Waals surface area contributed by atoms with E-state index in [1.807, 2.05) is 48.5 Å². The van der Waals surface area contributed by atoms with Gasteiger partial charge in [0.05, 0.1) is 17.1 Å². The number of hydrogen-bond donors (Lipinski definition) is 0. The van der Waals surface area contributed by atoms with Crippen molar-refractivity contribution in [3.05, 3.63) is 145 Å². The van der Waals surface area contributed by atoms with E-state index < -0.39 is 0 Å². The molecule has 0 aliphatic carbocycles. The summed E-state index contributed by atoms with van der Waals surface area (Å²) in [5.74, 6) is 4.62. The first kappa shape index (κ1) is 25.1. The third kappa shape index (κ3) is 3.59. The molecule has 0 fully saturated rings. The highest BCUT2D eigenvalue weighted by Gasteiger charge is 2.41. The zero-order valence-corrected chi connectivity index (χ0v) is 24.5. The quantitative estimate of drug-likeness (QED) is 0.200. The number of nitrogens with zero attached hydrogens (tertiary/aromatic N) is 1. The summed E-state index contributed by atoms with van der Waals surface area (Å²) in [5.41, 5.74) is 8.98. The predicted octanol–water partition coefficient (Wildman–Crippen LogP) is 8.32. The molecule has 0 N–H and O–H groups in total. The first-order valence-corrected chi connectivity index (χ1v) is 15.1. The summed E-state index contributed by atoms with van der Waals surface area (Å²) in [6, 6.07) is 46.1. The Hall–Kier alpha value is -5.42. The molecule has 3 aliphatic rings. The maximum absolute atomic E-state index is 6.79. The monoisotopic (exact) mass is 569 g/mol. The Kier molecular flexibility index (Phi) is 5.30. The van der Waals surface area contributed by atoms with Gasteiger partial charge in [0.15, 0.2) is 5.75 Å². The lowest BCUT2D eigenvalue weighted by molar-refractivity contribution is 0.443. The van der Waals surface area contributed by atoms with Gasteiger partial charge in [0.25, 0.3) is 6.71 Å². The van der Waals surface area contributed by atoms with Crippen LogP contribution >= 0.6 is 0 Å². The van der Waals surface area contributed by atoms with Gasteiger partial charge in [-0.1, -0.05) is 98.8 Å². The van der Waals surface area contributed by atoms with Crippen LogP contribution in [0.1, 0.15) is 25.0 Å². The molecule has 0 saturated heterocycles. The molecule has 4 nitrogen and oxygen atoms in total. The van der Waals surface area contributed by atoms with Crippen LogP contribution in [0, 0.1) is 0 Å². The van der Waals surface area contributed by atoms with Crippen molar-refractivity contribution in [2.45, 2.75) is 19.3 Å². The topological polar surface area (TPSA) is 30.9 Å². The number of rotatable bonds is 3. The van der Waals surface area contributed by atoms with Gasteiger partial charge in [-0.25, -0.2) is 0 Å². The van der Waals surface area contributed by atoms with E-state index in [4.69, 9.17) is 14.2 Å². The minimum Gasteiger partial charge on any atom is -0.458 e. The molecule has 6 aromatic carbocycles. The molecule has 3 heterocycles. The summed E-state index contributed by atoms with van der Waals surface area (Å²) < 4.78 is 19.8. The van der Waals surface area contributed by atoms with Gasteiger partial charge in [0.2, 0.25) is 0 Å². The average molecular weight is 569 g/mol. The van der Waals surface area contributed by atoms with Crippen LogP contribution in [0.2, 0.25) is 0 Å². The van der Waals surface area contributed by atoms with E-state index in [1.165, 1.54) is 11.1 Å². The van der Waals surface area contributed by atoms with Crippen LogP contribution in [0.5, 0.6) is 34.5 Å². The number of fused-ring (bicyclic) bond motifs is 6. The minimum absolute atomic E-state index is 0.0287. The lowest BCUT2D eigenvalue weighted by atomic mass is 9.35. The molecule has 0 spiro atoms. The number of benzene rings is 6. The number of hydrogen-bond acceptors (Lipinski definition) is 4. The second-order valence-corrected chi connectivity index (χ2v) is 12.1. The van der Waals surface area contributed by atoms with Crippen LogP contribution in [-0.4, -0.2) is 6.71 Å². The Morgan fingerprint density at radius 1 is 0.545 bits per heavy atom. The van der Waals surface area contributed by atoms with Crippen LogP contribution in [0.4, 0.5) is 17.1 Å². The van der Waals surface area contributed by atoms with Gasteiger partial charge < -0.3 is 19.1 Å². The van der Waals surface area contributed by atoms with Gasteiger partial charge in [0.1, 0.15) is 28.7 Å². The van der Waals surface area contributed by atoms with Crippen molar-refractivity contribution in [1.29, 1.82) is 0 Å². The second kappa shape index (κ2) is 9.29. The summed E-state index contributed by atoms with van der Waals surface area (Å²) in [6.45, 7) is 4.63. The largest absolute Gasteiger partial charge is 0.458 e. The maximum Gasteiger partial charge on any atom is 0.260 e. The van der Waals surface area contributed by atoms with Gasteiger partial charge in [-0.2, -0.15) is 0 Å². The number of ether oxygens (including phenoxy) is 3. The Balaban J connectivity index is 1.18. The molecule has 44 heavy (non-hydrogen) atoms. The second-order valence-electron chi connectivity index (χ2n) is 12.1. The summed E-state index contributed by atoms with van der Waals surface area (Å²) >= 11 is 0. The third-order valence-electron chi connectivity index (χ3n) is 9.24. The van der Waals surface area contributed by atoms with Crippen molar-refractivity contribution in [2.75, 3.05) is 4.90 Å². The van der Waals surface area contributed by atoms with Gasteiger partial charge in [-0.15, -0.1) is 0 Å². The highest BCUT2D eigenvalue weighted by molar-refractivity contribution is 6.98. The molecule has 0 aromatic heterocycles. The van der Waals surface area contributed by atoms with E-state index in [0.717, 1.165) is 62.2 Å². The molecule has 0 saturated carbocycles. The molecule has 0 radical (unpaired) electrons. The summed E-state index contributed by atoms with van der Waals surface area (Å²) in [7, 11) is 0. The molecule has 0 atom stereocenters. The molecule has 0 bridgehead atoms. The SMILES string of the molecule is CC1(C)c2ccccc2N(c2ccccc2Oc2cc3c4c(c2)Oc2ccccc2B4c2ccccc2O3)c2ccccc21. The highest BCUT2D eigenvalue weighted by Crippen LogP contribution is 2.53. The summed E-state index contributed by atoms with van der Waals surface area (Å²) in [4.78, 5) is 2.32. The minimum atomic E-state index is -0.140. The zero-order chi connectivity index (χ0) is 29.4. The van der Waals surface area contributed by atoms with E-state index in [2.05, 4.69) is 104 Å². The van der Waals surface area contributed by atoms with E-state index in [1.54, 1.807) is 0 Å². The first-order valence-electron chi connectivity index (χ1n) is 15.1. The molecule has 5 heteroatoms. The van der Waals surface area contributed by atoms with E-state index in [0.29, 0.717) is 5.75 Å². The number of para-hydroxylation sites is 6. The molecule has 9 rings (SSSR count). The molecule has 3 aliphatic heterocycles. The molecular weight excluding hydrogens is 541 g/mol. The number of anilines is 3. The molecule has 0 amide bonds. The Labute approximate surface area is 257 Å². The lowest BCUT2D eigenvalue weighted by Crippen LogP contribution is -2.57. The van der Waals surface area contributed by atoms with Gasteiger partial charge >= 0.3 is 0 Å². The average Bonchev–Trinajstić information content (AvgIpc) is 3.05. The fourth-order valence-corrected chi connectivity index (χ4v) is 7.21. The van der Waals surface area contributed by atoms with Crippen LogP contribution < -0.4 is 35.5 Å². The van der Waals surface area contributed by atoms with Gasteiger partial charge in [-0.3, -0.25) is 0 Å². The van der Waals surface area contributed by atoms with Crippen molar-refractivity contribution in [3.8, 4) is 34.5 Å². The fourth-order valence-electron chi connectivity index (χ4n) is 7.21. The van der Waals surface area contributed by atoms with Crippen LogP contribution in [-0.2, 0) is 5.41 Å². The highest BCUT2D eigenvalue weighted by atomic mass is 16.5. The van der Waals surface area contributed by atoms with Crippen molar-refractivity contribution in [2.24, 2.45) is 0 Å². The standard InChI is InChI=1S/C39H28BNO3/c1-39(2)26-13-3-7-17-30(26)41(31-18-8-4-14-27(31)39)32-19-9-12-22-35(32)42-25-23-36-38-37(24-25)44-34-21-11-6-16-29(34)40(38)28-15-5-10-20-33(28)43-36/h3-24H,1-2H3. The molecular formula is C39H28BNO3. The van der Waals surface area contributed by atoms with Crippen LogP contribution in [0.25, 0.3) is 0 Å². The molecule has 0 unspecified atom stereocenters. The summed E-state index contributed by atoms with van der Waals surface area (Å²) in [6.07, 6.45) is 0. The fraction of sp³-hybridized carbons (Fsp3) is 0.0769. The predicted molar refractivity (Wildman–Crippen MR) is 177 cm³/mol. The van der Waals surface area contributed by atoms with Crippen molar-refractivity contribution in [3.63, 3.8) is 0 Å². The maximum atomic E-state index is 6.79. The van der Waals surface area contributed by atoms with Crippen LogP contribution in [0.15, 0.2) is 133 Å².